The maximum Gasteiger partial charge on any atom is 0.165 e. The molecule has 9 rings (SSSR count). The Balaban J connectivity index is 1.18. The summed E-state index contributed by atoms with van der Waals surface area (Å²) in [6, 6.07) is 38.7. The summed E-state index contributed by atoms with van der Waals surface area (Å²) in [6.45, 7) is 0. The molecule has 0 saturated carbocycles. The van der Waals surface area contributed by atoms with Gasteiger partial charge in [0.1, 0.15) is 11.2 Å². The molecule has 0 unspecified atom stereocenters. The number of hydrogen-bond donors (Lipinski definition) is 0. The number of benzene rings is 3. The van der Waals surface area contributed by atoms with Gasteiger partial charge in [0.25, 0.3) is 0 Å². The fourth-order valence-electron chi connectivity index (χ4n) is 6.00. The maximum atomic E-state index is 5.18. The smallest absolute Gasteiger partial charge is 0.165 e. The zero-order chi connectivity index (χ0) is 31.2. The van der Waals surface area contributed by atoms with Gasteiger partial charge in [-0.25, -0.2) is 24.9 Å². The molecular formula is C39H24N8. The van der Waals surface area contributed by atoms with Gasteiger partial charge in [-0.2, -0.15) is 0 Å². The van der Waals surface area contributed by atoms with E-state index in [1.807, 2.05) is 79.0 Å². The van der Waals surface area contributed by atoms with Crippen LogP contribution in [0.3, 0.4) is 0 Å². The van der Waals surface area contributed by atoms with E-state index in [0.717, 1.165) is 66.7 Å². The molecule has 0 bridgehead atoms. The number of aromatic nitrogens is 8. The largest absolute Gasteiger partial charge is 0.298 e. The van der Waals surface area contributed by atoms with Crippen LogP contribution in [0.15, 0.2) is 146 Å². The SMILES string of the molecule is c1cncc(-c2nc(-c3ccncc3)nc(-c3cccc(-c4cccc(-c5nc6ccccc6c6nc7ccccn7c56)c4)c3)n2)c1. The Labute approximate surface area is 269 Å². The summed E-state index contributed by atoms with van der Waals surface area (Å²) in [6.07, 6.45) is 9.02. The molecule has 3 aromatic carbocycles. The third-order valence-electron chi connectivity index (χ3n) is 8.23. The average molecular weight is 605 g/mol. The Morgan fingerprint density at radius 3 is 1.94 bits per heavy atom. The van der Waals surface area contributed by atoms with Gasteiger partial charge < -0.3 is 0 Å². The number of fused-ring (bicyclic) bond motifs is 5. The van der Waals surface area contributed by atoms with Crippen LogP contribution in [0.2, 0.25) is 0 Å². The van der Waals surface area contributed by atoms with E-state index in [2.05, 4.69) is 56.8 Å². The van der Waals surface area contributed by atoms with Crippen LogP contribution >= 0.6 is 0 Å². The molecule has 8 heteroatoms. The molecule has 8 nitrogen and oxygen atoms in total. The summed E-state index contributed by atoms with van der Waals surface area (Å²) in [7, 11) is 0. The van der Waals surface area contributed by atoms with Gasteiger partial charge >= 0.3 is 0 Å². The molecule has 0 aliphatic rings. The standard InChI is InChI=1S/C39H24N8/c1-2-14-32-31(13-1)35-36(47-21-4-3-15-33(47)43-35)34(42-32)28-10-5-8-26(22-28)27-9-6-11-29(23-27)38-44-37(25-16-19-40-20-17-25)45-39(46-38)30-12-7-18-41-24-30/h1-24H. The van der Waals surface area contributed by atoms with E-state index in [-0.39, 0.29) is 0 Å². The van der Waals surface area contributed by atoms with Gasteiger partial charge in [-0.3, -0.25) is 14.4 Å². The van der Waals surface area contributed by atoms with E-state index < -0.39 is 0 Å². The minimum atomic E-state index is 0.557. The molecule has 0 spiro atoms. The monoisotopic (exact) mass is 604 g/mol. The first-order chi connectivity index (χ1) is 23.3. The third kappa shape index (κ3) is 4.76. The lowest BCUT2D eigenvalue weighted by molar-refractivity contribution is 1.07. The molecule has 0 saturated heterocycles. The molecule has 0 aliphatic carbocycles. The Kier molecular flexibility index (Phi) is 6.28. The van der Waals surface area contributed by atoms with E-state index in [9.17, 15) is 0 Å². The minimum Gasteiger partial charge on any atom is -0.298 e. The summed E-state index contributed by atoms with van der Waals surface area (Å²) in [5.74, 6) is 1.71. The van der Waals surface area contributed by atoms with E-state index >= 15 is 0 Å². The van der Waals surface area contributed by atoms with Crippen molar-refractivity contribution in [3.8, 4) is 56.5 Å². The highest BCUT2D eigenvalue weighted by Gasteiger charge is 2.17. The normalized spacial score (nSPS) is 11.4. The second kappa shape index (κ2) is 11.0. The number of rotatable bonds is 5. The first kappa shape index (κ1) is 26.7. The summed E-state index contributed by atoms with van der Waals surface area (Å²) in [4.78, 5) is 33.2. The lowest BCUT2D eigenvalue weighted by Crippen LogP contribution is -2.00. The van der Waals surface area contributed by atoms with Crippen molar-refractivity contribution in [1.29, 1.82) is 0 Å². The molecule has 0 radical (unpaired) electrons. The van der Waals surface area contributed by atoms with Crippen molar-refractivity contribution in [3.63, 3.8) is 0 Å². The number of imidazole rings is 1. The van der Waals surface area contributed by atoms with Crippen molar-refractivity contribution in [3.05, 3.63) is 146 Å². The lowest BCUT2D eigenvalue weighted by Gasteiger charge is -2.11. The zero-order valence-electron chi connectivity index (χ0n) is 24.9. The van der Waals surface area contributed by atoms with Crippen molar-refractivity contribution >= 4 is 27.6 Å². The van der Waals surface area contributed by atoms with Crippen LogP contribution in [0.1, 0.15) is 0 Å². The highest BCUT2D eigenvalue weighted by atomic mass is 15.0. The van der Waals surface area contributed by atoms with Gasteiger partial charge in [0.05, 0.1) is 16.7 Å². The third-order valence-corrected chi connectivity index (χ3v) is 8.23. The molecule has 9 aromatic rings. The van der Waals surface area contributed by atoms with Crippen LogP contribution < -0.4 is 0 Å². The Morgan fingerprint density at radius 1 is 0.447 bits per heavy atom. The average Bonchev–Trinajstić information content (AvgIpc) is 3.55. The van der Waals surface area contributed by atoms with Crippen molar-refractivity contribution in [2.45, 2.75) is 0 Å². The van der Waals surface area contributed by atoms with Crippen LogP contribution in [0.5, 0.6) is 0 Å². The van der Waals surface area contributed by atoms with Crippen molar-refractivity contribution < 1.29 is 0 Å². The molecule has 220 valence electrons. The van der Waals surface area contributed by atoms with Crippen LogP contribution in [0, 0.1) is 0 Å². The Hall–Kier alpha value is -6.67. The summed E-state index contributed by atoms with van der Waals surface area (Å²) >= 11 is 0. The molecule has 0 atom stereocenters. The second-order valence-corrected chi connectivity index (χ2v) is 11.2. The van der Waals surface area contributed by atoms with Gasteiger partial charge in [0, 0.05) is 58.6 Å². The molecule has 0 amide bonds. The number of pyridine rings is 4. The van der Waals surface area contributed by atoms with E-state index in [1.165, 1.54) is 0 Å². The Morgan fingerprint density at radius 2 is 1.13 bits per heavy atom. The summed E-state index contributed by atoms with van der Waals surface area (Å²) in [5.41, 5.74) is 10.3. The van der Waals surface area contributed by atoms with Crippen LogP contribution in [0.25, 0.3) is 84.1 Å². The Bertz CT molecular complexity index is 2520. The molecule has 6 aromatic heterocycles. The van der Waals surface area contributed by atoms with Gasteiger partial charge in [0.15, 0.2) is 17.5 Å². The van der Waals surface area contributed by atoms with Gasteiger partial charge in [-0.15, -0.1) is 0 Å². The molecule has 0 N–H and O–H groups in total. The lowest BCUT2D eigenvalue weighted by atomic mass is 9.98. The summed E-state index contributed by atoms with van der Waals surface area (Å²) in [5, 5.41) is 1.04. The van der Waals surface area contributed by atoms with Crippen molar-refractivity contribution in [1.82, 2.24) is 39.3 Å². The topological polar surface area (TPSA) is 94.6 Å². The van der Waals surface area contributed by atoms with E-state index in [4.69, 9.17) is 24.9 Å². The minimum absolute atomic E-state index is 0.557. The van der Waals surface area contributed by atoms with E-state index in [0.29, 0.717) is 17.5 Å². The number of para-hydroxylation sites is 1. The van der Waals surface area contributed by atoms with Crippen molar-refractivity contribution in [2.75, 3.05) is 0 Å². The summed E-state index contributed by atoms with van der Waals surface area (Å²) < 4.78 is 2.12. The van der Waals surface area contributed by atoms with Crippen LogP contribution in [-0.4, -0.2) is 39.3 Å². The quantitative estimate of drug-likeness (QED) is 0.195. The first-order valence-corrected chi connectivity index (χ1v) is 15.2. The second-order valence-electron chi connectivity index (χ2n) is 11.2. The van der Waals surface area contributed by atoms with Gasteiger partial charge in [0.2, 0.25) is 0 Å². The number of hydrogen-bond acceptors (Lipinski definition) is 7. The number of nitrogens with zero attached hydrogens (tertiary/aromatic N) is 8. The van der Waals surface area contributed by atoms with Crippen LogP contribution in [0.4, 0.5) is 0 Å². The molecule has 0 aliphatic heterocycles. The highest BCUT2D eigenvalue weighted by molar-refractivity contribution is 6.09. The predicted octanol–water partition coefficient (Wildman–Crippen LogP) is 8.35. The van der Waals surface area contributed by atoms with Gasteiger partial charge in [-0.05, 0) is 65.7 Å². The fourth-order valence-corrected chi connectivity index (χ4v) is 6.00. The highest BCUT2D eigenvalue weighted by Crippen LogP contribution is 2.35. The first-order valence-electron chi connectivity index (χ1n) is 15.2. The fraction of sp³-hybridized carbons (Fsp3) is 0. The van der Waals surface area contributed by atoms with Crippen molar-refractivity contribution in [2.24, 2.45) is 0 Å². The molecule has 6 heterocycles. The zero-order valence-corrected chi connectivity index (χ0v) is 24.9. The van der Waals surface area contributed by atoms with Gasteiger partial charge in [-0.1, -0.05) is 60.7 Å². The molecule has 47 heavy (non-hydrogen) atoms. The predicted molar refractivity (Wildman–Crippen MR) is 184 cm³/mol. The molecule has 0 fully saturated rings. The van der Waals surface area contributed by atoms with E-state index in [1.54, 1.807) is 24.8 Å². The van der Waals surface area contributed by atoms with Crippen LogP contribution in [-0.2, 0) is 0 Å². The maximum absolute atomic E-state index is 5.18. The molecular weight excluding hydrogens is 580 g/mol.